The number of benzene rings is 3. The van der Waals surface area contributed by atoms with E-state index < -0.39 is 17.6 Å². The van der Waals surface area contributed by atoms with Crippen LogP contribution in [0.1, 0.15) is 41.9 Å². The largest absolute Gasteiger partial charge is 0.481 e. The summed E-state index contributed by atoms with van der Waals surface area (Å²) in [5.41, 5.74) is 5.14. The molecule has 8 nitrogen and oxygen atoms in total. The lowest BCUT2D eigenvalue weighted by Crippen LogP contribution is -2.57. The Bertz CT molecular complexity index is 1350. The van der Waals surface area contributed by atoms with Gasteiger partial charge >= 0.3 is 12.1 Å². The highest BCUT2D eigenvalue weighted by atomic mass is 32.2. The molecule has 1 aliphatic carbocycles. The molecule has 0 bridgehead atoms. The maximum Gasteiger partial charge on any atom is 0.407 e. The number of rotatable bonds is 12. The number of hydrogen-bond acceptors (Lipinski definition) is 6. The van der Waals surface area contributed by atoms with Gasteiger partial charge in [-0.15, -0.1) is 11.8 Å². The fourth-order valence-electron chi connectivity index (χ4n) is 5.97. The van der Waals surface area contributed by atoms with Gasteiger partial charge in [-0.05, 0) is 40.7 Å². The topological polar surface area (TPSA) is 108 Å². The minimum Gasteiger partial charge on any atom is -0.481 e. The van der Waals surface area contributed by atoms with Crippen LogP contribution in [0.15, 0.2) is 78.9 Å². The first-order valence-electron chi connectivity index (χ1n) is 14.4. The number of amides is 2. The van der Waals surface area contributed by atoms with Crippen LogP contribution in [0.25, 0.3) is 11.1 Å². The average Bonchev–Trinajstić information content (AvgIpc) is 3.31. The van der Waals surface area contributed by atoms with Crippen LogP contribution in [0.5, 0.6) is 0 Å². The van der Waals surface area contributed by atoms with Gasteiger partial charge in [0.05, 0.1) is 11.3 Å². The molecule has 3 N–H and O–H groups in total. The third-order valence-corrected chi connectivity index (χ3v) is 9.01. The number of carboxylic acid groups (broad SMARTS) is 1. The molecule has 0 spiro atoms. The molecule has 5 rings (SSSR count). The van der Waals surface area contributed by atoms with Crippen LogP contribution in [-0.4, -0.2) is 71.3 Å². The third kappa shape index (κ3) is 7.52. The molecule has 1 heterocycles. The summed E-state index contributed by atoms with van der Waals surface area (Å²) in [4.78, 5) is 39.3. The summed E-state index contributed by atoms with van der Waals surface area (Å²) in [5.74, 6) is -0.574. The molecule has 220 valence electrons. The van der Waals surface area contributed by atoms with Crippen LogP contribution >= 0.6 is 11.8 Å². The highest BCUT2D eigenvalue weighted by molar-refractivity contribution is 7.99. The maximum atomic E-state index is 13.3. The van der Waals surface area contributed by atoms with E-state index in [0.717, 1.165) is 30.8 Å². The van der Waals surface area contributed by atoms with Crippen molar-refractivity contribution in [3.05, 3.63) is 95.6 Å². The Hall–Kier alpha value is -3.82. The number of thioether (sulfide) groups is 1. The Morgan fingerprint density at radius 1 is 0.905 bits per heavy atom. The normalized spacial score (nSPS) is 15.8. The van der Waals surface area contributed by atoms with Crippen molar-refractivity contribution >= 4 is 29.7 Å². The van der Waals surface area contributed by atoms with Crippen LogP contribution in [0, 0.1) is 0 Å². The second-order valence-electron chi connectivity index (χ2n) is 11.0. The predicted molar refractivity (Wildman–Crippen MR) is 164 cm³/mol. The Balaban J connectivity index is 1.21. The number of piperidine rings is 1. The molecule has 9 heteroatoms. The number of ether oxygens (including phenoxy) is 1. The minimum absolute atomic E-state index is 0.000394. The second-order valence-corrected chi connectivity index (χ2v) is 12.1. The number of fused-ring (bicyclic) bond motifs is 3. The van der Waals surface area contributed by atoms with Gasteiger partial charge < -0.3 is 20.5 Å². The number of nitrogens with one attached hydrogen (secondary N) is 2. The summed E-state index contributed by atoms with van der Waals surface area (Å²) in [5, 5.41) is 14.8. The Kier molecular flexibility index (Phi) is 9.81. The van der Waals surface area contributed by atoms with Crippen molar-refractivity contribution in [1.82, 2.24) is 15.5 Å². The van der Waals surface area contributed by atoms with E-state index in [-0.39, 0.29) is 30.6 Å². The van der Waals surface area contributed by atoms with Crippen LogP contribution in [0.2, 0.25) is 0 Å². The number of likely N-dealkylation sites (tertiary alicyclic amines) is 1. The lowest BCUT2D eigenvalue weighted by molar-refractivity contribution is -0.134. The molecule has 0 radical (unpaired) electrons. The van der Waals surface area contributed by atoms with Crippen LogP contribution in [0.3, 0.4) is 0 Å². The van der Waals surface area contributed by atoms with Crippen molar-refractivity contribution in [2.45, 2.75) is 37.3 Å². The number of aliphatic carboxylic acids is 1. The van der Waals surface area contributed by atoms with Crippen LogP contribution in [0.4, 0.5) is 4.79 Å². The molecule has 3 aromatic carbocycles. The quantitative estimate of drug-likeness (QED) is 0.259. The molecule has 0 atom stereocenters. The van der Waals surface area contributed by atoms with E-state index in [1.165, 1.54) is 28.5 Å². The van der Waals surface area contributed by atoms with Crippen molar-refractivity contribution in [3.8, 4) is 11.1 Å². The monoisotopic (exact) mass is 587 g/mol. The fourth-order valence-corrected chi connectivity index (χ4v) is 6.54. The number of alkyl carbamates (subject to hydrolysis) is 1. The van der Waals surface area contributed by atoms with Crippen molar-refractivity contribution in [2.24, 2.45) is 0 Å². The number of carbonyl (C=O) groups is 3. The summed E-state index contributed by atoms with van der Waals surface area (Å²) in [6.07, 6.45) is 0.856. The average molecular weight is 588 g/mol. The Labute approximate surface area is 250 Å². The fraction of sp³-hybridized carbons (Fsp3) is 0.364. The van der Waals surface area contributed by atoms with Crippen LogP contribution < -0.4 is 10.6 Å². The van der Waals surface area contributed by atoms with Crippen LogP contribution in [-0.2, 0) is 20.9 Å². The van der Waals surface area contributed by atoms with Crippen molar-refractivity contribution in [3.63, 3.8) is 0 Å². The second kappa shape index (κ2) is 13.9. The van der Waals surface area contributed by atoms with Gasteiger partial charge in [-0.3, -0.25) is 14.5 Å². The molecule has 0 aromatic heterocycles. The highest BCUT2D eigenvalue weighted by Crippen LogP contribution is 2.44. The van der Waals surface area contributed by atoms with Gasteiger partial charge in [-0.1, -0.05) is 78.9 Å². The van der Waals surface area contributed by atoms with Gasteiger partial charge in [0.25, 0.3) is 0 Å². The summed E-state index contributed by atoms with van der Waals surface area (Å²) in [6, 6.07) is 26.7. The van der Waals surface area contributed by atoms with Gasteiger partial charge in [0.2, 0.25) is 5.91 Å². The summed E-state index contributed by atoms with van der Waals surface area (Å²) >= 11 is 1.26. The molecule has 1 fully saturated rings. The van der Waals surface area contributed by atoms with E-state index in [1.807, 2.05) is 42.5 Å². The van der Waals surface area contributed by atoms with E-state index in [1.54, 1.807) is 0 Å². The van der Waals surface area contributed by atoms with E-state index in [0.29, 0.717) is 25.1 Å². The van der Waals surface area contributed by atoms with Gasteiger partial charge in [0.15, 0.2) is 0 Å². The molecule has 2 amide bonds. The standard InChI is InChI=1S/C33H37N3O5S/c37-30(34-16-19-42-23-31(38)39)20-33(14-17-36(18-15-33)21-24-8-2-1-3-9-24)35-32(40)41-22-29-27-12-6-4-10-25(27)26-11-5-7-13-28(26)29/h1-13,29H,14-23H2,(H,34,37)(H,35,40)(H,38,39). The summed E-state index contributed by atoms with van der Waals surface area (Å²) in [6.45, 7) is 2.87. The molecule has 0 saturated carbocycles. The Morgan fingerprint density at radius 3 is 2.17 bits per heavy atom. The van der Waals surface area contributed by atoms with E-state index in [4.69, 9.17) is 9.84 Å². The van der Waals surface area contributed by atoms with Gasteiger partial charge in [-0.25, -0.2) is 4.79 Å². The zero-order valence-electron chi connectivity index (χ0n) is 23.6. The summed E-state index contributed by atoms with van der Waals surface area (Å²) in [7, 11) is 0. The number of carboxylic acids is 1. The van der Waals surface area contributed by atoms with E-state index in [2.05, 4.69) is 51.9 Å². The van der Waals surface area contributed by atoms with Crippen molar-refractivity contribution in [2.75, 3.05) is 37.7 Å². The van der Waals surface area contributed by atoms with E-state index >= 15 is 0 Å². The lowest BCUT2D eigenvalue weighted by Gasteiger charge is -2.41. The molecule has 0 unspecified atom stereocenters. The zero-order valence-corrected chi connectivity index (χ0v) is 24.4. The molecule has 1 saturated heterocycles. The molecule has 42 heavy (non-hydrogen) atoms. The molecular weight excluding hydrogens is 550 g/mol. The summed E-state index contributed by atoms with van der Waals surface area (Å²) < 4.78 is 5.85. The predicted octanol–water partition coefficient (Wildman–Crippen LogP) is 4.88. The Morgan fingerprint density at radius 2 is 1.52 bits per heavy atom. The number of carbonyl (C=O) groups excluding carboxylic acids is 2. The van der Waals surface area contributed by atoms with Crippen molar-refractivity contribution < 1.29 is 24.2 Å². The van der Waals surface area contributed by atoms with Gasteiger partial charge in [0.1, 0.15) is 6.61 Å². The maximum absolute atomic E-state index is 13.3. The molecule has 1 aliphatic heterocycles. The van der Waals surface area contributed by atoms with Gasteiger partial charge in [-0.2, -0.15) is 0 Å². The number of hydrogen-bond donors (Lipinski definition) is 3. The number of nitrogens with zero attached hydrogens (tertiary/aromatic N) is 1. The molecular formula is C33H37N3O5S. The zero-order chi connectivity index (χ0) is 29.4. The smallest absolute Gasteiger partial charge is 0.407 e. The van der Waals surface area contributed by atoms with Crippen molar-refractivity contribution in [1.29, 1.82) is 0 Å². The first-order chi connectivity index (χ1) is 20.4. The molecule has 2 aliphatic rings. The third-order valence-electron chi connectivity index (χ3n) is 8.07. The first-order valence-corrected chi connectivity index (χ1v) is 15.5. The first kappa shape index (κ1) is 29.7. The van der Waals surface area contributed by atoms with E-state index in [9.17, 15) is 14.4 Å². The minimum atomic E-state index is -0.875. The highest BCUT2D eigenvalue weighted by Gasteiger charge is 2.39. The lowest BCUT2D eigenvalue weighted by atomic mass is 9.84. The van der Waals surface area contributed by atoms with Gasteiger partial charge in [0, 0.05) is 44.3 Å². The molecule has 3 aromatic rings. The SMILES string of the molecule is O=C(O)CSCCNC(=O)CC1(NC(=O)OCC2c3ccccc3-c3ccccc32)CCN(Cc2ccccc2)CC1.